The third-order valence-corrected chi connectivity index (χ3v) is 4.05. The summed E-state index contributed by atoms with van der Waals surface area (Å²) < 4.78 is 29.3. The van der Waals surface area contributed by atoms with E-state index in [0.717, 1.165) is 11.6 Å². The number of methoxy groups -OCH3 is 2. The smallest absolute Gasteiger partial charge is 0.330 e. The van der Waals surface area contributed by atoms with Crippen molar-refractivity contribution in [2.45, 2.75) is 25.7 Å². The molecule has 0 radical (unpaired) electrons. The first-order valence-electron chi connectivity index (χ1n) is 8.46. The van der Waals surface area contributed by atoms with E-state index in [1.807, 2.05) is 6.07 Å². The number of carbonyl (C=O) groups excluding carboxylic acids is 1. The van der Waals surface area contributed by atoms with Gasteiger partial charge in [0.15, 0.2) is 17.6 Å². The van der Waals surface area contributed by atoms with Gasteiger partial charge in [0, 0.05) is 0 Å². The monoisotopic (exact) mass is 391 g/mol. The molecule has 2 N–H and O–H groups in total. The molecule has 0 saturated heterocycles. The zero-order chi connectivity index (χ0) is 20.7. The fourth-order valence-corrected chi connectivity index (χ4v) is 2.47. The summed E-state index contributed by atoms with van der Waals surface area (Å²) in [6.45, 7) is 1.64. The Hall–Kier alpha value is -3.13. The third-order valence-electron chi connectivity index (χ3n) is 4.05. The molecule has 8 heteroatoms. The van der Waals surface area contributed by atoms with Crippen LogP contribution in [0, 0.1) is 5.82 Å². The van der Waals surface area contributed by atoms with Crippen molar-refractivity contribution in [2.75, 3.05) is 14.2 Å². The number of nitrogens with one attached hydrogen (secondary N) is 1. The van der Waals surface area contributed by atoms with Crippen LogP contribution in [0.1, 0.15) is 24.1 Å². The number of hydrogen-bond donors (Lipinski definition) is 2. The molecule has 1 amide bonds. The van der Waals surface area contributed by atoms with Crippen molar-refractivity contribution in [2.24, 2.45) is 0 Å². The van der Waals surface area contributed by atoms with Gasteiger partial charge in [0.25, 0.3) is 0 Å². The summed E-state index contributed by atoms with van der Waals surface area (Å²) in [6.07, 6.45) is -0.920. The van der Waals surface area contributed by atoms with Gasteiger partial charge in [-0.3, -0.25) is 4.79 Å². The van der Waals surface area contributed by atoms with Crippen LogP contribution >= 0.6 is 0 Å². The highest BCUT2D eigenvalue weighted by atomic mass is 19.1. The zero-order valence-corrected chi connectivity index (χ0v) is 15.8. The van der Waals surface area contributed by atoms with E-state index in [1.165, 1.54) is 26.2 Å². The lowest BCUT2D eigenvalue weighted by Gasteiger charge is -2.19. The van der Waals surface area contributed by atoms with Crippen LogP contribution in [-0.4, -0.2) is 37.3 Å². The predicted octanol–water partition coefficient (Wildman–Crippen LogP) is 2.69. The molecule has 2 unspecified atom stereocenters. The largest absolute Gasteiger partial charge is 0.497 e. The third kappa shape index (κ3) is 5.43. The highest BCUT2D eigenvalue weighted by molar-refractivity contribution is 5.86. The molecule has 0 aliphatic heterocycles. The molecule has 2 rings (SSSR count). The fraction of sp³-hybridized carbons (Fsp3) is 0.300. The van der Waals surface area contributed by atoms with Crippen LogP contribution in [0.3, 0.4) is 0 Å². The molecule has 2 atom stereocenters. The molecule has 28 heavy (non-hydrogen) atoms. The number of aliphatic carboxylic acids is 1. The van der Waals surface area contributed by atoms with Crippen LogP contribution in [-0.2, 0) is 20.9 Å². The van der Waals surface area contributed by atoms with Gasteiger partial charge in [-0.05, 0) is 42.3 Å². The summed E-state index contributed by atoms with van der Waals surface area (Å²) in [6, 6.07) is 9.43. The molecule has 2 aromatic rings. The predicted molar refractivity (Wildman–Crippen MR) is 98.7 cm³/mol. The number of halogens is 1. The lowest BCUT2D eigenvalue weighted by molar-refractivity contribution is -0.144. The second-order valence-electron chi connectivity index (χ2n) is 5.98. The van der Waals surface area contributed by atoms with Crippen molar-refractivity contribution in [1.29, 1.82) is 0 Å². The van der Waals surface area contributed by atoms with E-state index >= 15 is 0 Å². The van der Waals surface area contributed by atoms with Crippen LogP contribution in [0.4, 0.5) is 4.39 Å². The minimum Gasteiger partial charge on any atom is -0.497 e. The second kappa shape index (κ2) is 9.70. The van der Waals surface area contributed by atoms with Gasteiger partial charge in [-0.1, -0.05) is 18.2 Å². The van der Waals surface area contributed by atoms with Crippen molar-refractivity contribution in [1.82, 2.24) is 5.32 Å². The van der Waals surface area contributed by atoms with Crippen LogP contribution in [0.25, 0.3) is 0 Å². The van der Waals surface area contributed by atoms with Gasteiger partial charge in [0.2, 0.25) is 5.91 Å². The lowest BCUT2D eigenvalue weighted by atomic mass is 10.1. The lowest BCUT2D eigenvalue weighted by Crippen LogP contribution is -2.40. The van der Waals surface area contributed by atoms with Crippen LogP contribution in [0.5, 0.6) is 11.5 Å². The van der Waals surface area contributed by atoms with E-state index in [1.54, 1.807) is 25.3 Å². The molecule has 7 nitrogen and oxygen atoms in total. The first-order valence-corrected chi connectivity index (χ1v) is 8.46. The molecule has 0 bridgehead atoms. The topological polar surface area (TPSA) is 94.1 Å². The standard InChI is InChI=1S/C20H22FNO6/c1-12(28-11-13-5-4-6-15(9-13)26-2)19(23)22-18(20(24)25)14-7-8-17(27-3)16(21)10-14/h4-10,12,18H,11H2,1-3H3,(H,22,23)(H,24,25). The molecule has 0 saturated carbocycles. The maximum absolute atomic E-state index is 13.9. The first-order chi connectivity index (χ1) is 13.3. The van der Waals surface area contributed by atoms with Gasteiger partial charge < -0.3 is 24.6 Å². The van der Waals surface area contributed by atoms with Crippen molar-refractivity contribution in [3.63, 3.8) is 0 Å². The maximum atomic E-state index is 13.9. The molecule has 0 heterocycles. The summed E-state index contributed by atoms with van der Waals surface area (Å²) in [5, 5.41) is 11.8. The molecular weight excluding hydrogens is 369 g/mol. The zero-order valence-electron chi connectivity index (χ0n) is 15.8. The molecule has 0 aliphatic carbocycles. The molecule has 0 aliphatic rings. The Balaban J connectivity index is 2.02. The Morgan fingerprint density at radius 1 is 1.14 bits per heavy atom. The molecule has 0 spiro atoms. The molecule has 150 valence electrons. The highest BCUT2D eigenvalue weighted by Crippen LogP contribution is 2.22. The van der Waals surface area contributed by atoms with E-state index in [-0.39, 0.29) is 17.9 Å². The average molecular weight is 391 g/mol. The van der Waals surface area contributed by atoms with E-state index < -0.39 is 29.8 Å². The number of carbonyl (C=O) groups is 2. The number of ether oxygens (including phenoxy) is 3. The second-order valence-corrected chi connectivity index (χ2v) is 5.98. The Kier molecular flexibility index (Phi) is 7.34. The summed E-state index contributed by atoms with van der Waals surface area (Å²) in [5.41, 5.74) is 0.880. The molecule has 0 aromatic heterocycles. The summed E-state index contributed by atoms with van der Waals surface area (Å²) >= 11 is 0. The normalized spacial score (nSPS) is 12.7. The number of carboxylic acids is 1. The fourth-order valence-electron chi connectivity index (χ4n) is 2.47. The first kappa shape index (κ1) is 21.2. The molecule has 2 aromatic carbocycles. The number of amides is 1. The van der Waals surface area contributed by atoms with Crippen LogP contribution in [0.15, 0.2) is 42.5 Å². The van der Waals surface area contributed by atoms with Crippen LogP contribution in [0.2, 0.25) is 0 Å². The maximum Gasteiger partial charge on any atom is 0.330 e. The Morgan fingerprint density at radius 3 is 2.50 bits per heavy atom. The van der Waals surface area contributed by atoms with Gasteiger partial charge in [0.05, 0.1) is 20.8 Å². The van der Waals surface area contributed by atoms with E-state index in [9.17, 15) is 19.1 Å². The van der Waals surface area contributed by atoms with Gasteiger partial charge in [-0.15, -0.1) is 0 Å². The van der Waals surface area contributed by atoms with E-state index in [0.29, 0.717) is 5.75 Å². The van der Waals surface area contributed by atoms with Crippen molar-refractivity contribution in [3.8, 4) is 11.5 Å². The average Bonchev–Trinajstić information content (AvgIpc) is 2.69. The van der Waals surface area contributed by atoms with Gasteiger partial charge >= 0.3 is 5.97 Å². The van der Waals surface area contributed by atoms with Gasteiger partial charge in [-0.25, -0.2) is 9.18 Å². The van der Waals surface area contributed by atoms with Gasteiger partial charge in [0.1, 0.15) is 11.9 Å². The highest BCUT2D eigenvalue weighted by Gasteiger charge is 2.26. The SMILES string of the molecule is COc1cccc(COC(C)C(=O)NC(C(=O)O)c2ccc(OC)c(F)c2)c1. The van der Waals surface area contributed by atoms with E-state index in [4.69, 9.17) is 14.2 Å². The molecular formula is C20H22FNO6. The van der Waals surface area contributed by atoms with Gasteiger partial charge in [-0.2, -0.15) is 0 Å². The van der Waals surface area contributed by atoms with Crippen molar-refractivity contribution >= 4 is 11.9 Å². The number of rotatable bonds is 9. The minimum absolute atomic E-state index is 0.0193. The Labute approximate surface area is 162 Å². The summed E-state index contributed by atoms with van der Waals surface area (Å²) in [7, 11) is 2.85. The Morgan fingerprint density at radius 2 is 1.89 bits per heavy atom. The Bertz CT molecular complexity index is 841. The minimum atomic E-state index is -1.42. The number of benzene rings is 2. The summed E-state index contributed by atoms with van der Waals surface area (Å²) in [4.78, 5) is 23.9. The number of hydrogen-bond acceptors (Lipinski definition) is 5. The van der Waals surface area contributed by atoms with Crippen molar-refractivity contribution < 1.29 is 33.3 Å². The van der Waals surface area contributed by atoms with E-state index in [2.05, 4.69) is 5.32 Å². The molecule has 0 fully saturated rings. The van der Waals surface area contributed by atoms with Crippen molar-refractivity contribution in [3.05, 3.63) is 59.4 Å². The summed E-state index contributed by atoms with van der Waals surface area (Å²) in [5.74, 6) is -2.04. The number of carboxylic acid groups (broad SMARTS) is 1. The van der Waals surface area contributed by atoms with Crippen LogP contribution < -0.4 is 14.8 Å². The quantitative estimate of drug-likeness (QED) is 0.683.